The molecule has 1 fully saturated rings. The first-order chi connectivity index (χ1) is 11.4. The molecule has 2 aromatic carbocycles. The summed E-state index contributed by atoms with van der Waals surface area (Å²) < 4.78 is 5.45. The lowest BCUT2D eigenvalue weighted by atomic mass is 9.90. The summed E-state index contributed by atoms with van der Waals surface area (Å²) in [4.78, 5) is 0. The van der Waals surface area contributed by atoms with Gasteiger partial charge in [-0.15, -0.1) is 0 Å². The second kappa shape index (κ2) is 8.28. The first-order valence-electron chi connectivity index (χ1n) is 7.95. The summed E-state index contributed by atoms with van der Waals surface area (Å²) in [6.45, 7) is 0.633. The zero-order chi connectivity index (χ0) is 15.9. The van der Waals surface area contributed by atoms with Crippen LogP contribution in [0.3, 0.4) is 0 Å². The van der Waals surface area contributed by atoms with E-state index in [1.807, 2.05) is 6.07 Å². The van der Waals surface area contributed by atoms with Gasteiger partial charge in [0, 0.05) is 19.1 Å². The molecule has 0 heterocycles. The highest BCUT2D eigenvalue weighted by Crippen LogP contribution is 2.36. The van der Waals surface area contributed by atoms with E-state index in [0.29, 0.717) is 6.61 Å². The van der Waals surface area contributed by atoms with Crippen molar-refractivity contribution in [2.45, 2.75) is 12.1 Å². The van der Waals surface area contributed by atoms with Gasteiger partial charge in [0.05, 0.1) is 12.6 Å². The predicted octanol–water partition coefficient (Wildman–Crippen LogP) is 4.11. The molecule has 0 aliphatic heterocycles. The standard InChI is InChI=1S/C21H22NO/c1-23-16-20(17-10-4-2-5-11-17)22-21(19-14-8-9-15-19)18-12-6-3-7-13-18/h2-15,20-22H,16H2,1H3/t20-,21+/m1/s1. The van der Waals surface area contributed by atoms with E-state index in [2.05, 4.69) is 85.6 Å². The van der Waals surface area contributed by atoms with Crippen LogP contribution in [0.5, 0.6) is 0 Å². The molecular weight excluding hydrogens is 282 g/mol. The van der Waals surface area contributed by atoms with E-state index in [1.165, 1.54) is 17.0 Å². The van der Waals surface area contributed by atoms with Crippen molar-refractivity contribution in [2.75, 3.05) is 13.7 Å². The summed E-state index contributed by atoms with van der Waals surface area (Å²) in [5, 5.41) is 3.76. The summed E-state index contributed by atoms with van der Waals surface area (Å²) in [6.07, 6.45) is 8.50. The Hall–Kier alpha value is -1.64. The van der Waals surface area contributed by atoms with Crippen molar-refractivity contribution in [3.63, 3.8) is 0 Å². The molecule has 2 atom stereocenters. The van der Waals surface area contributed by atoms with Crippen LogP contribution < -0.4 is 5.32 Å². The van der Waals surface area contributed by atoms with Crippen LogP contribution in [0.1, 0.15) is 23.2 Å². The van der Waals surface area contributed by atoms with Crippen LogP contribution in [0.15, 0.2) is 60.7 Å². The molecule has 0 bridgehead atoms. The molecule has 0 unspecified atom stereocenters. The van der Waals surface area contributed by atoms with Crippen LogP contribution in [0.2, 0.25) is 0 Å². The molecule has 1 aliphatic carbocycles. The summed E-state index contributed by atoms with van der Waals surface area (Å²) in [6, 6.07) is 21.3. The van der Waals surface area contributed by atoms with Gasteiger partial charge in [-0.05, 0) is 36.8 Å². The van der Waals surface area contributed by atoms with Crippen molar-refractivity contribution in [1.82, 2.24) is 5.32 Å². The van der Waals surface area contributed by atoms with Crippen molar-refractivity contribution in [1.29, 1.82) is 0 Å². The maximum Gasteiger partial charge on any atom is 0.0657 e. The van der Waals surface area contributed by atoms with Gasteiger partial charge < -0.3 is 10.1 Å². The molecule has 0 amide bonds. The number of hydrogen-bond acceptors (Lipinski definition) is 2. The van der Waals surface area contributed by atoms with E-state index in [9.17, 15) is 0 Å². The molecule has 3 rings (SSSR count). The highest BCUT2D eigenvalue weighted by atomic mass is 16.5. The van der Waals surface area contributed by atoms with Gasteiger partial charge in [-0.3, -0.25) is 0 Å². The third-order valence-corrected chi connectivity index (χ3v) is 4.06. The largest absolute Gasteiger partial charge is 0.383 e. The first-order valence-corrected chi connectivity index (χ1v) is 7.95. The van der Waals surface area contributed by atoms with E-state index in [1.54, 1.807) is 7.11 Å². The Morgan fingerprint density at radius 2 is 1.39 bits per heavy atom. The minimum Gasteiger partial charge on any atom is -0.383 e. The van der Waals surface area contributed by atoms with Gasteiger partial charge in [0.1, 0.15) is 0 Å². The number of rotatable bonds is 7. The Morgan fingerprint density at radius 3 is 1.96 bits per heavy atom. The molecule has 117 valence electrons. The van der Waals surface area contributed by atoms with Crippen molar-refractivity contribution in [3.05, 3.63) is 103 Å². The Bertz CT molecular complexity index is 563. The van der Waals surface area contributed by atoms with Gasteiger partial charge in [-0.2, -0.15) is 0 Å². The van der Waals surface area contributed by atoms with Crippen LogP contribution in [0.25, 0.3) is 0 Å². The normalized spacial score (nSPS) is 18.0. The summed E-state index contributed by atoms with van der Waals surface area (Å²) >= 11 is 0. The van der Waals surface area contributed by atoms with E-state index in [-0.39, 0.29) is 12.1 Å². The molecule has 23 heavy (non-hydrogen) atoms. The molecule has 2 nitrogen and oxygen atoms in total. The average molecular weight is 304 g/mol. The van der Waals surface area contributed by atoms with Crippen LogP contribution >= 0.6 is 0 Å². The third kappa shape index (κ3) is 4.21. The number of ether oxygens (including phenoxy) is 1. The van der Waals surface area contributed by atoms with Crippen molar-refractivity contribution >= 4 is 0 Å². The molecule has 1 aliphatic rings. The average Bonchev–Trinajstić information content (AvgIpc) is 3.14. The highest BCUT2D eigenvalue weighted by molar-refractivity contribution is 5.43. The van der Waals surface area contributed by atoms with E-state index < -0.39 is 0 Å². The summed E-state index contributed by atoms with van der Waals surface area (Å²) in [7, 11) is 1.75. The molecule has 1 saturated carbocycles. The molecule has 0 aromatic heterocycles. The van der Waals surface area contributed by atoms with Gasteiger partial charge >= 0.3 is 0 Å². The smallest absolute Gasteiger partial charge is 0.0657 e. The molecule has 0 saturated heterocycles. The number of nitrogens with one attached hydrogen (secondary N) is 1. The van der Waals surface area contributed by atoms with E-state index >= 15 is 0 Å². The van der Waals surface area contributed by atoms with Gasteiger partial charge in [0.25, 0.3) is 0 Å². The SMILES string of the molecule is COC[C@@H](N[C@H]([C]1[CH][CH][CH][CH]1)c1ccccc1)c1ccccc1. The van der Waals surface area contributed by atoms with Crippen LogP contribution in [0.4, 0.5) is 0 Å². The van der Waals surface area contributed by atoms with Crippen molar-refractivity contribution in [2.24, 2.45) is 0 Å². The number of hydrogen-bond donors (Lipinski definition) is 1. The molecule has 2 heteroatoms. The van der Waals surface area contributed by atoms with Crippen LogP contribution in [-0.4, -0.2) is 13.7 Å². The molecule has 0 spiro atoms. The summed E-state index contributed by atoms with van der Waals surface area (Å²) in [5.41, 5.74) is 2.50. The van der Waals surface area contributed by atoms with Gasteiger partial charge in [-0.25, -0.2) is 0 Å². The van der Waals surface area contributed by atoms with Crippen LogP contribution in [-0.2, 0) is 4.74 Å². The van der Waals surface area contributed by atoms with Gasteiger partial charge in [-0.1, -0.05) is 60.7 Å². The maximum absolute atomic E-state index is 5.45. The Morgan fingerprint density at radius 1 is 0.826 bits per heavy atom. The predicted molar refractivity (Wildman–Crippen MR) is 93.8 cm³/mol. The fraction of sp³-hybridized carbons (Fsp3) is 0.190. The minimum atomic E-state index is 0.140. The number of methoxy groups -OCH3 is 1. The lowest BCUT2D eigenvalue weighted by Gasteiger charge is -2.30. The van der Waals surface area contributed by atoms with Gasteiger partial charge in [0.15, 0.2) is 0 Å². The molecule has 5 radical (unpaired) electrons. The summed E-state index contributed by atoms with van der Waals surface area (Å²) in [5.74, 6) is 1.27. The van der Waals surface area contributed by atoms with E-state index in [4.69, 9.17) is 4.74 Å². The van der Waals surface area contributed by atoms with Crippen molar-refractivity contribution < 1.29 is 4.74 Å². The molecule has 2 aromatic rings. The van der Waals surface area contributed by atoms with Crippen LogP contribution in [0, 0.1) is 31.6 Å². The maximum atomic E-state index is 5.45. The zero-order valence-electron chi connectivity index (χ0n) is 13.4. The fourth-order valence-corrected chi connectivity index (χ4v) is 2.91. The third-order valence-electron chi connectivity index (χ3n) is 4.06. The Kier molecular flexibility index (Phi) is 5.84. The highest BCUT2D eigenvalue weighted by Gasteiger charge is 2.29. The lowest BCUT2D eigenvalue weighted by Crippen LogP contribution is -2.32. The minimum absolute atomic E-state index is 0.140. The van der Waals surface area contributed by atoms with Crippen molar-refractivity contribution in [3.8, 4) is 0 Å². The molecule has 1 N–H and O–H groups in total. The second-order valence-electron chi connectivity index (χ2n) is 5.65. The topological polar surface area (TPSA) is 21.3 Å². The monoisotopic (exact) mass is 304 g/mol. The zero-order valence-corrected chi connectivity index (χ0v) is 13.4. The Labute approximate surface area is 139 Å². The fourth-order valence-electron chi connectivity index (χ4n) is 2.91. The Balaban J connectivity index is 1.83. The quantitative estimate of drug-likeness (QED) is 0.831. The number of benzene rings is 2. The lowest BCUT2D eigenvalue weighted by molar-refractivity contribution is 0.162. The van der Waals surface area contributed by atoms with Gasteiger partial charge in [0.2, 0.25) is 0 Å². The molecular formula is C21H22NO. The first kappa shape index (κ1) is 16.2. The van der Waals surface area contributed by atoms with E-state index in [0.717, 1.165) is 0 Å². The second-order valence-corrected chi connectivity index (χ2v) is 5.65.